The van der Waals surface area contributed by atoms with Gasteiger partial charge in [0.1, 0.15) is 12.4 Å². The van der Waals surface area contributed by atoms with E-state index < -0.39 is 0 Å². The number of benzene rings is 3. The minimum Gasteiger partial charge on any atom is -0.480 e. The Morgan fingerprint density at radius 1 is 1.15 bits per heavy atom. The predicted octanol–water partition coefficient (Wildman–Crippen LogP) is 3.20. The first-order chi connectivity index (χ1) is 12.7. The molecule has 0 heterocycles. The Bertz CT molecular complexity index is 1020. The van der Waals surface area contributed by atoms with E-state index in [2.05, 4.69) is 16.4 Å². The first-order valence-electron chi connectivity index (χ1n) is 7.96. The van der Waals surface area contributed by atoms with Crippen LogP contribution in [0.3, 0.4) is 0 Å². The van der Waals surface area contributed by atoms with Gasteiger partial charge in [0.15, 0.2) is 0 Å². The quantitative estimate of drug-likeness (QED) is 0.323. The monoisotopic (exact) mass is 343 g/mol. The Balaban J connectivity index is 1.89. The van der Waals surface area contributed by atoms with Gasteiger partial charge in [0.25, 0.3) is 5.91 Å². The summed E-state index contributed by atoms with van der Waals surface area (Å²) in [6.45, 7) is 0.145. The van der Waals surface area contributed by atoms with Gasteiger partial charge in [-0.1, -0.05) is 48.4 Å². The molecule has 3 aromatic rings. The van der Waals surface area contributed by atoms with Gasteiger partial charge in [-0.3, -0.25) is 4.79 Å². The predicted molar refractivity (Wildman–Crippen MR) is 104 cm³/mol. The summed E-state index contributed by atoms with van der Waals surface area (Å²) < 4.78 is 5.60. The van der Waals surface area contributed by atoms with Gasteiger partial charge in [-0.25, -0.2) is 5.43 Å². The molecule has 1 amide bonds. The van der Waals surface area contributed by atoms with Crippen LogP contribution in [-0.2, 0) is 0 Å². The molecular weight excluding hydrogens is 326 g/mol. The van der Waals surface area contributed by atoms with Crippen LogP contribution in [0.4, 0.5) is 5.69 Å². The van der Waals surface area contributed by atoms with Crippen LogP contribution in [0.2, 0.25) is 0 Å². The molecule has 0 aromatic heterocycles. The van der Waals surface area contributed by atoms with E-state index in [1.165, 1.54) is 0 Å². The van der Waals surface area contributed by atoms with Crippen molar-refractivity contribution in [2.75, 3.05) is 12.3 Å². The molecule has 0 fully saturated rings. The van der Waals surface area contributed by atoms with E-state index in [9.17, 15) is 4.79 Å². The molecule has 0 spiro atoms. The summed E-state index contributed by atoms with van der Waals surface area (Å²) >= 11 is 0. The molecule has 3 aromatic carbocycles. The minimum absolute atomic E-state index is 0.145. The number of amides is 1. The third-order valence-electron chi connectivity index (χ3n) is 3.81. The number of fused-ring (bicyclic) bond motifs is 1. The maximum Gasteiger partial charge on any atom is 0.273 e. The van der Waals surface area contributed by atoms with Crippen molar-refractivity contribution >= 4 is 28.6 Å². The maximum absolute atomic E-state index is 12.2. The number of nitrogens with zero attached hydrogens (tertiary/aromatic N) is 1. The lowest BCUT2D eigenvalue weighted by Gasteiger charge is -2.10. The highest BCUT2D eigenvalue weighted by atomic mass is 16.5. The number of rotatable bonds is 5. The molecule has 5 nitrogen and oxygen atoms in total. The number of nitrogen functional groups attached to an aromatic ring is 1. The summed E-state index contributed by atoms with van der Waals surface area (Å²) in [6, 6.07) is 18.4. The van der Waals surface area contributed by atoms with Crippen molar-refractivity contribution < 1.29 is 9.53 Å². The molecular formula is C21H17N3O2. The zero-order chi connectivity index (χ0) is 18.4. The van der Waals surface area contributed by atoms with E-state index in [1.54, 1.807) is 30.5 Å². The lowest BCUT2D eigenvalue weighted by molar-refractivity contribution is 0.0956. The second kappa shape index (κ2) is 7.86. The third-order valence-corrected chi connectivity index (χ3v) is 3.81. The fraction of sp³-hybridized carbons (Fsp3) is 0.0476. The molecule has 5 heteroatoms. The maximum atomic E-state index is 12.2. The fourth-order valence-electron chi connectivity index (χ4n) is 2.57. The smallest absolute Gasteiger partial charge is 0.273 e. The van der Waals surface area contributed by atoms with E-state index in [-0.39, 0.29) is 12.5 Å². The van der Waals surface area contributed by atoms with E-state index in [4.69, 9.17) is 16.9 Å². The van der Waals surface area contributed by atoms with Crippen LogP contribution < -0.4 is 15.9 Å². The van der Waals surface area contributed by atoms with Crippen LogP contribution in [0, 0.1) is 12.3 Å². The van der Waals surface area contributed by atoms with Gasteiger partial charge < -0.3 is 10.5 Å². The first-order valence-corrected chi connectivity index (χ1v) is 7.96. The van der Waals surface area contributed by atoms with Crippen LogP contribution in [0.25, 0.3) is 10.8 Å². The van der Waals surface area contributed by atoms with Gasteiger partial charge in [-0.15, -0.1) is 6.42 Å². The lowest BCUT2D eigenvalue weighted by atomic mass is 10.0. The normalized spacial score (nSPS) is 10.6. The molecule has 0 saturated carbocycles. The molecule has 128 valence electrons. The summed E-state index contributed by atoms with van der Waals surface area (Å²) in [4.78, 5) is 12.2. The van der Waals surface area contributed by atoms with Crippen molar-refractivity contribution in [1.82, 2.24) is 5.43 Å². The summed E-state index contributed by atoms with van der Waals surface area (Å²) in [5.41, 5.74) is 9.79. The zero-order valence-corrected chi connectivity index (χ0v) is 14.0. The average molecular weight is 343 g/mol. The van der Waals surface area contributed by atoms with E-state index >= 15 is 0 Å². The molecule has 0 unspecified atom stereocenters. The Hall–Kier alpha value is -3.78. The van der Waals surface area contributed by atoms with Gasteiger partial charge >= 0.3 is 0 Å². The number of hydrazone groups is 1. The SMILES string of the molecule is C#CCOc1ccc2ccccc2c1/C=N\NC(=O)c1ccccc1N. The molecule has 0 saturated heterocycles. The summed E-state index contributed by atoms with van der Waals surface area (Å²) in [6.07, 6.45) is 6.83. The molecule has 26 heavy (non-hydrogen) atoms. The number of carbonyl (C=O) groups excluding carboxylic acids is 1. The van der Waals surface area contributed by atoms with Gasteiger partial charge in [0.2, 0.25) is 0 Å². The largest absolute Gasteiger partial charge is 0.480 e. The lowest BCUT2D eigenvalue weighted by Crippen LogP contribution is -2.19. The summed E-state index contributed by atoms with van der Waals surface area (Å²) in [5, 5.41) is 6.04. The van der Waals surface area contributed by atoms with Gasteiger partial charge in [0, 0.05) is 11.3 Å². The molecule has 0 atom stereocenters. The Labute approximate surface area is 151 Å². The molecule has 0 aliphatic heterocycles. The van der Waals surface area contributed by atoms with Crippen molar-refractivity contribution in [2.24, 2.45) is 5.10 Å². The standard InChI is InChI=1S/C21H17N3O2/c1-2-13-26-20-12-11-15-7-3-4-8-16(15)18(20)14-23-24-21(25)17-9-5-6-10-19(17)22/h1,3-12,14H,13,22H2,(H,24,25)/b23-14-. The van der Waals surface area contributed by atoms with Gasteiger partial charge in [0.05, 0.1) is 11.8 Å². The van der Waals surface area contributed by atoms with Crippen molar-refractivity contribution in [2.45, 2.75) is 0 Å². The molecule has 0 aliphatic carbocycles. The van der Waals surface area contributed by atoms with Crippen LogP contribution in [0.15, 0.2) is 65.8 Å². The van der Waals surface area contributed by atoms with Gasteiger partial charge in [-0.05, 0) is 29.0 Å². The van der Waals surface area contributed by atoms with E-state index in [0.29, 0.717) is 17.0 Å². The Kier molecular flexibility index (Phi) is 5.16. The number of hydrogen-bond acceptors (Lipinski definition) is 4. The first kappa shape index (κ1) is 17.1. The number of ether oxygens (including phenoxy) is 1. The van der Waals surface area contributed by atoms with Crippen molar-refractivity contribution in [3.8, 4) is 18.1 Å². The molecule has 0 aliphatic rings. The van der Waals surface area contributed by atoms with Crippen LogP contribution in [0.1, 0.15) is 15.9 Å². The van der Waals surface area contributed by atoms with Crippen LogP contribution >= 0.6 is 0 Å². The second-order valence-electron chi connectivity index (χ2n) is 5.48. The number of para-hydroxylation sites is 1. The van der Waals surface area contributed by atoms with Crippen molar-refractivity contribution in [3.63, 3.8) is 0 Å². The van der Waals surface area contributed by atoms with Crippen molar-refractivity contribution in [3.05, 3.63) is 71.8 Å². The number of terminal acetylenes is 1. The molecule has 0 bridgehead atoms. The number of nitrogens with two attached hydrogens (primary N) is 1. The zero-order valence-electron chi connectivity index (χ0n) is 14.0. The number of anilines is 1. The highest BCUT2D eigenvalue weighted by molar-refractivity contribution is 6.03. The highest BCUT2D eigenvalue weighted by Gasteiger charge is 2.09. The summed E-state index contributed by atoms with van der Waals surface area (Å²) in [7, 11) is 0. The average Bonchev–Trinajstić information content (AvgIpc) is 2.67. The highest BCUT2D eigenvalue weighted by Crippen LogP contribution is 2.26. The van der Waals surface area contributed by atoms with E-state index in [1.807, 2.05) is 36.4 Å². The second-order valence-corrected chi connectivity index (χ2v) is 5.48. The Morgan fingerprint density at radius 3 is 2.73 bits per heavy atom. The van der Waals surface area contributed by atoms with Gasteiger partial charge in [-0.2, -0.15) is 5.10 Å². The van der Waals surface area contributed by atoms with E-state index in [0.717, 1.165) is 16.3 Å². The molecule has 0 radical (unpaired) electrons. The minimum atomic E-state index is -0.384. The number of carbonyl (C=O) groups is 1. The third kappa shape index (κ3) is 3.65. The van der Waals surface area contributed by atoms with Crippen molar-refractivity contribution in [1.29, 1.82) is 0 Å². The van der Waals surface area contributed by atoms with Crippen LogP contribution in [-0.4, -0.2) is 18.7 Å². The molecule has 3 N–H and O–H groups in total. The topological polar surface area (TPSA) is 76.7 Å². The Morgan fingerprint density at radius 2 is 1.92 bits per heavy atom. The number of nitrogens with one attached hydrogen (secondary N) is 1. The van der Waals surface area contributed by atoms with Crippen LogP contribution in [0.5, 0.6) is 5.75 Å². The fourth-order valence-corrected chi connectivity index (χ4v) is 2.57. The molecule has 3 rings (SSSR count). The number of hydrogen-bond donors (Lipinski definition) is 2. The summed E-state index contributed by atoms with van der Waals surface area (Å²) in [5.74, 6) is 2.66.